The van der Waals surface area contributed by atoms with E-state index in [2.05, 4.69) is 35.6 Å². The third kappa shape index (κ3) is 3.15. The highest BCUT2D eigenvalue weighted by Gasteiger charge is 2.57. The van der Waals surface area contributed by atoms with E-state index in [1.54, 1.807) is 18.2 Å². The van der Waals surface area contributed by atoms with E-state index in [1.165, 1.54) is 44.1 Å². The topological polar surface area (TPSA) is 29.1 Å². The molecule has 4 bridgehead atoms. The maximum absolute atomic E-state index is 12.8. The molecule has 6 rings (SSSR count). The van der Waals surface area contributed by atoms with Crippen LogP contribution in [0.3, 0.4) is 0 Å². The van der Waals surface area contributed by atoms with Gasteiger partial charge in [-0.2, -0.15) is 0 Å². The molecule has 2 aromatic rings. The SMILES string of the molecule is O=C(NCC12C[C@@H]3C[C@@H](C1)CC(c1ccccc1)(C3)C2)c1ccc(Cl)cc1Cl. The van der Waals surface area contributed by atoms with Gasteiger partial charge in [0.25, 0.3) is 5.91 Å². The minimum Gasteiger partial charge on any atom is -0.351 e. The van der Waals surface area contributed by atoms with Gasteiger partial charge in [0.1, 0.15) is 0 Å². The molecule has 0 spiro atoms. The highest BCUT2D eigenvalue weighted by Crippen LogP contribution is 2.65. The number of carbonyl (C=O) groups excluding carboxylic acids is 1. The maximum Gasteiger partial charge on any atom is 0.252 e. The van der Waals surface area contributed by atoms with Crippen LogP contribution in [-0.2, 0) is 5.41 Å². The largest absolute Gasteiger partial charge is 0.351 e. The number of amides is 1. The molecule has 1 amide bonds. The summed E-state index contributed by atoms with van der Waals surface area (Å²) in [4.78, 5) is 12.8. The first-order chi connectivity index (χ1) is 13.5. The molecule has 2 aromatic carbocycles. The number of halogens is 2. The Morgan fingerprint density at radius 3 is 2.39 bits per heavy atom. The zero-order valence-corrected chi connectivity index (χ0v) is 17.4. The van der Waals surface area contributed by atoms with Gasteiger partial charge in [-0.05, 0) is 85.0 Å². The van der Waals surface area contributed by atoms with Crippen LogP contribution in [0.25, 0.3) is 0 Å². The van der Waals surface area contributed by atoms with Crippen molar-refractivity contribution in [3.63, 3.8) is 0 Å². The lowest BCUT2D eigenvalue weighted by molar-refractivity contribution is -0.0697. The lowest BCUT2D eigenvalue weighted by atomic mass is 9.43. The van der Waals surface area contributed by atoms with Crippen LogP contribution in [0.1, 0.15) is 54.4 Å². The summed E-state index contributed by atoms with van der Waals surface area (Å²) in [6.07, 6.45) is 7.66. The molecule has 4 aliphatic rings. The highest BCUT2D eigenvalue weighted by molar-refractivity contribution is 6.36. The molecule has 2 nitrogen and oxygen atoms in total. The minimum atomic E-state index is -0.0915. The summed E-state index contributed by atoms with van der Waals surface area (Å²) in [7, 11) is 0. The summed E-state index contributed by atoms with van der Waals surface area (Å²) in [6.45, 7) is 0.742. The number of rotatable bonds is 4. The second-order valence-electron chi connectivity index (χ2n) is 9.41. The lowest BCUT2D eigenvalue weighted by Gasteiger charge is -2.62. The Morgan fingerprint density at radius 1 is 1.00 bits per heavy atom. The smallest absolute Gasteiger partial charge is 0.252 e. The molecule has 0 radical (unpaired) electrons. The quantitative estimate of drug-likeness (QED) is 0.629. The first-order valence-electron chi connectivity index (χ1n) is 10.3. The third-order valence-electron chi connectivity index (χ3n) is 7.37. The van der Waals surface area contributed by atoms with Crippen molar-refractivity contribution in [2.75, 3.05) is 6.54 Å². The molecule has 28 heavy (non-hydrogen) atoms. The van der Waals surface area contributed by atoms with Crippen LogP contribution >= 0.6 is 23.2 Å². The van der Waals surface area contributed by atoms with Crippen LogP contribution in [0.4, 0.5) is 0 Å². The normalized spacial score (nSPS) is 33.1. The first-order valence-corrected chi connectivity index (χ1v) is 11.0. The molecule has 4 heteroatoms. The van der Waals surface area contributed by atoms with E-state index >= 15 is 0 Å². The highest BCUT2D eigenvalue weighted by atomic mass is 35.5. The molecular weight excluding hydrogens is 389 g/mol. The van der Waals surface area contributed by atoms with Gasteiger partial charge in [0.2, 0.25) is 0 Å². The van der Waals surface area contributed by atoms with Crippen molar-refractivity contribution < 1.29 is 4.79 Å². The van der Waals surface area contributed by atoms with Gasteiger partial charge in [0, 0.05) is 11.6 Å². The lowest BCUT2D eigenvalue weighted by Crippen LogP contribution is -2.57. The maximum atomic E-state index is 12.8. The fourth-order valence-corrected chi connectivity index (χ4v) is 7.32. The Labute approximate surface area is 176 Å². The summed E-state index contributed by atoms with van der Waals surface area (Å²) < 4.78 is 0. The molecule has 1 N–H and O–H groups in total. The number of nitrogens with one attached hydrogen (secondary N) is 1. The van der Waals surface area contributed by atoms with E-state index < -0.39 is 0 Å². The van der Waals surface area contributed by atoms with Gasteiger partial charge in [-0.25, -0.2) is 0 Å². The Hall–Kier alpha value is -1.51. The molecule has 4 fully saturated rings. The van der Waals surface area contributed by atoms with Gasteiger partial charge in [-0.1, -0.05) is 53.5 Å². The Balaban J connectivity index is 1.37. The molecule has 0 saturated heterocycles. The molecule has 4 aliphatic carbocycles. The number of hydrogen-bond acceptors (Lipinski definition) is 1. The zero-order valence-electron chi connectivity index (χ0n) is 15.9. The van der Waals surface area contributed by atoms with Crippen molar-refractivity contribution in [1.29, 1.82) is 0 Å². The Bertz CT molecular complexity index is 896. The summed E-state index contributed by atoms with van der Waals surface area (Å²) >= 11 is 12.2. The van der Waals surface area contributed by atoms with Crippen molar-refractivity contribution in [2.45, 2.75) is 43.9 Å². The van der Waals surface area contributed by atoms with Crippen molar-refractivity contribution in [1.82, 2.24) is 5.32 Å². The van der Waals surface area contributed by atoms with Crippen molar-refractivity contribution in [2.24, 2.45) is 17.3 Å². The minimum absolute atomic E-state index is 0.0915. The van der Waals surface area contributed by atoms with E-state index in [0.717, 1.165) is 18.4 Å². The van der Waals surface area contributed by atoms with Gasteiger partial charge in [0.15, 0.2) is 0 Å². The first kappa shape index (κ1) is 18.5. The van der Waals surface area contributed by atoms with Crippen LogP contribution in [0, 0.1) is 17.3 Å². The number of carbonyl (C=O) groups is 1. The monoisotopic (exact) mass is 413 g/mol. The van der Waals surface area contributed by atoms with Gasteiger partial charge in [-0.15, -0.1) is 0 Å². The number of hydrogen-bond donors (Lipinski definition) is 1. The predicted molar refractivity (Wildman–Crippen MR) is 114 cm³/mol. The van der Waals surface area contributed by atoms with Crippen LogP contribution in [0.5, 0.6) is 0 Å². The Morgan fingerprint density at radius 2 is 1.71 bits per heavy atom. The van der Waals surface area contributed by atoms with E-state index in [-0.39, 0.29) is 11.3 Å². The van der Waals surface area contributed by atoms with Crippen molar-refractivity contribution in [3.05, 3.63) is 69.7 Å². The van der Waals surface area contributed by atoms with Crippen molar-refractivity contribution >= 4 is 29.1 Å². The zero-order chi connectivity index (χ0) is 19.4. The fourth-order valence-electron chi connectivity index (χ4n) is 6.83. The molecule has 0 unspecified atom stereocenters. The van der Waals surface area contributed by atoms with Crippen LogP contribution in [0.2, 0.25) is 10.0 Å². The molecule has 0 aromatic heterocycles. The Kier molecular flexibility index (Phi) is 4.48. The van der Waals surface area contributed by atoms with Gasteiger partial charge >= 0.3 is 0 Å². The van der Waals surface area contributed by atoms with Crippen LogP contribution < -0.4 is 5.32 Å². The summed E-state index contributed by atoms with van der Waals surface area (Å²) in [5.41, 5.74) is 2.52. The van der Waals surface area contributed by atoms with E-state index in [9.17, 15) is 4.79 Å². The summed E-state index contributed by atoms with van der Waals surface area (Å²) in [5.74, 6) is 1.49. The van der Waals surface area contributed by atoms with E-state index in [1.807, 2.05) is 0 Å². The van der Waals surface area contributed by atoms with Crippen molar-refractivity contribution in [3.8, 4) is 0 Å². The molecule has 4 saturated carbocycles. The second kappa shape index (κ2) is 6.78. The van der Waals surface area contributed by atoms with E-state index in [0.29, 0.717) is 21.0 Å². The third-order valence-corrected chi connectivity index (χ3v) is 7.92. The predicted octanol–water partition coefficient (Wildman–Crippen LogP) is 6.26. The average molecular weight is 414 g/mol. The summed E-state index contributed by atoms with van der Waals surface area (Å²) in [6, 6.07) is 16.1. The average Bonchev–Trinajstić information content (AvgIpc) is 2.66. The summed E-state index contributed by atoms with van der Waals surface area (Å²) in [5, 5.41) is 4.18. The molecule has 0 heterocycles. The van der Waals surface area contributed by atoms with Gasteiger partial charge in [0.05, 0.1) is 10.6 Å². The van der Waals surface area contributed by atoms with Crippen LogP contribution in [0.15, 0.2) is 48.5 Å². The molecule has 0 aliphatic heterocycles. The fraction of sp³-hybridized carbons (Fsp3) is 0.458. The van der Waals surface area contributed by atoms with E-state index in [4.69, 9.17) is 23.2 Å². The standard InChI is InChI=1S/C24H25Cl2NO/c25-19-6-7-20(21(26)9-19)22(28)27-15-23-10-16-8-17(11-23)13-24(12-16,14-23)18-4-2-1-3-5-18/h1-7,9,16-17H,8,10-15H2,(H,27,28)/t16-,17-,23?,24?/m0/s1. The van der Waals surface area contributed by atoms with Crippen LogP contribution in [-0.4, -0.2) is 12.5 Å². The second-order valence-corrected chi connectivity index (χ2v) is 10.3. The molecular formula is C24H25Cl2NO. The number of benzene rings is 2. The molecule has 2 atom stereocenters. The van der Waals surface area contributed by atoms with Gasteiger partial charge < -0.3 is 5.32 Å². The van der Waals surface area contributed by atoms with Gasteiger partial charge in [-0.3, -0.25) is 4.79 Å². The molecule has 146 valence electrons.